The van der Waals surface area contributed by atoms with Crippen molar-refractivity contribution in [3.8, 4) is 34.0 Å². The molecule has 3 heterocycles. The van der Waals surface area contributed by atoms with E-state index in [0.717, 1.165) is 79.2 Å². The molecule has 2 aliphatic rings. The Morgan fingerprint density at radius 3 is 1.71 bits per heavy atom. The zero-order valence-electron chi connectivity index (χ0n) is 35.0. The lowest BCUT2D eigenvalue weighted by Gasteiger charge is -2.44. The Bertz CT molecular complexity index is 3550. The van der Waals surface area contributed by atoms with E-state index >= 15 is 0 Å². The van der Waals surface area contributed by atoms with E-state index in [0.29, 0.717) is 11.3 Å². The molecule has 0 saturated heterocycles. The Hall–Kier alpha value is -8.79. The van der Waals surface area contributed by atoms with Gasteiger partial charge < -0.3 is 14.4 Å². The standard InChI is InChI=1S/C57H33BF3N5/c1-63-41-29-36(35-62)28-39(30-41)45-34-40(57(59,60)61)25-27-50(45)66-49-21-11-8-18-44(49)46-31-37(24-26-51(46)66)38-32-54-56-55(33-38)65(43-16-6-3-7-17-43)53-23-13-10-20-48(53)58(56)47-19-9-12-22-52(47)64(54)42-14-4-2-5-15-42/h2-34H. The Morgan fingerprint density at radius 1 is 0.500 bits per heavy atom. The van der Waals surface area contributed by atoms with Gasteiger partial charge in [0.25, 0.3) is 6.71 Å². The fourth-order valence-electron chi connectivity index (χ4n) is 10.2. The summed E-state index contributed by atoms with van der Waals surface area (Å²) in [4.78, 5) is 8.30. The summed E-state index contributed by atoms with van der Waals surface area (Å²) in [6.45, 7) is 7.67. The Kier molecular flexibility index (Phi) is 8.78. The third-order valence-electron chi connectivity index (χ3n) is 13.0. The van der Waals surface area contributed by atoms with Crippen molar-refractivity contribution in [2.75, 3.05) is 9.80 Å². The van der Waals surface area contributed by atoms with Crippen LogP contribution in [-0.4, -0.2) is 11.3 Å². The third-order valence-corrected chi connectivity index (χ3v) is 13.0. The number of nitrogens with zero attached hydrogens (tertiary/aromatic N) is 5. The van der Waals surface area contributed by atoms with Gasteiger partial charge in [-0.1, -0.05) is 97.1 Å². The summed E-state index contributed by atoms with van der Waals surface area (Å²) in [5.74, 6) is 0. The molecular weight excluding hydrogens is 822 g/mol. The number of hydrogen-bond acceptors (Lipinski definition) is 3. The van der Waals surface area contributed by atoms with Gasteiger partial charge in [0.05, 0.1) is 34.9 Å². The van der Waals surface area contributed by atoms with E-state index in [1.165, 1.54) is 28.5 Å². The summed E-state index contributed by atoms with van der Waals surface area (Å²) in [5.41, 5.74) is 14.3. The molecule has 9 aromatic carbocycles. The number of aromatic nitrogens is 1. The normalized spacial score (nSPS) is 12.7. The van der Waals surface area contributed by atoms with Gasteiger partial charge >= 0.3 is 6.18 Å². The maximum Gasteiger partial charge on any atom is 0.416 e. The Balaban J connectivity index is 1.12. The van der Waals surface area contributed by atoms with Crippen LogP contribution in [0.2, 0.25) is 0 Å². The molecule has 12 rings (SSSR count). The number of benzene rings is 9. The van der Waals surface area contributed by atoms with Gasteiger partial charge in [-0.15, -0.1) is 0 Å². The first-order chi connectivity index (χ1) is 32.3. The first-order valence-corrected chi connectivity index (χ1v) is 21.5. The van der Waals surface area contributed by atoms with E-state index in [1.54, 1.807) is 12.1 Å². The van der Waals surface area contributed by atoms with Gasteiger partial charge in [0.1, 0.15) is 0 Å². The van der Waals surface area contributed by atoms with Gasteiger partial charge in [-0.05, 0) is 136 Å². The number of alkyl halides is 3. The third kappa shape index (κ3) is 6.02. The van der Waals surface area contributed by atoms with Crippen molar-refractivity contribution in [1.82, 2.24) is 4.57 Å². The highest BCUT2D eigenvalue weighted by Crippen LogP contribution is 2.47. The molecule has 0 radical (unpaired) electrons. The van der Waals surface area contributed by atoms with Crippen molar-refractivity contribution in [3.63, 3.8) is 0 Å². The minimum absolute atomic E-state index is 0.0329. The van der Waals surface area contributed by atoms with Gasteiger partial charge in [0, 0.05) is 56.0 Å². The Morgan fingerprint density at radius 2 is 1.09 bits per heavy atom. The van der Waals surface area contributed by atoms with E-state index in [2.05, 4.69) is 142 Å². The summed E-state index contributed by atoms with van der Waals surface area (Å²) >= 11 is 0. The number of hydrogen-bond donors (Lipinski definition) is 0. The number of fused-ring (bicyclic) bond motifs is 7. The molecule has 0 fully saturated rings. The second-order valence-electron chi connectivity index (χ2n) is 16.6. The molecular formula is C57H33BF3N5. The first-order valence-electron chi connectivity index (χ1n) is 21.5. The zero-order valence-corrected chi connectivity index (χ0v) is 35.0. The van der Waals surface area contributed by atoms with Gasteiger partial charge in [0.15, 0.2) is 5.69 Å². The predicted octanol–water partition coefficient (Wildman–Crippen LogP) is 13.6. The summed E-state index contributed by atoms with van der Waals surface area (Å²) in [5, 5.41) is 11.7. The number of nitriles is 1. The van der Waals surface area contributed by atoms with Crippen molar-refractivity contribution in [2.45, 2.75) is 6.18 Å². The fraction of sp³-hybridized carbons (Fsp3) is 0.0175. The molecule has 0 spiro atoms. The molecule has 10 aromatic rings. The molecule has 1 aromatic heterocycles. The van der Waals surface area contributed by atoms with Gasteiger partial charge in [-0.25, -0.2) is 4.85 Å². The summed E-state index contributed by atoms with van der Waals surface area (Å²) in [7, 11) is 0. The molecule has 5 nitrogen and oxygen atoms in total. The number of para-hydroxylation sites is 5. The van der Waals surface area contributed by atoms with Crippen LogP contribution in [0.4, 0.5) is 53.0 Å². The fourth-order valence-corrected chi connectivity index (χ4v) is 10.2. The van der Waals surface area contributed by atoms with Crippen molar-refractivity contribution in [2.24, 2.45) is 0 Å². The molecule has 2 aliphatic heterocycles. The molecule has 0 N–H and O–H groups in total. The van der Waals surface area contributed by atoms with E-state index in [4.69, 9.17) is 6.57 Å². The molecule has 0 unspecified atom stereocenters. The van der Waals surface area contributed by atoms with Crippen LogP contribution >= 0.6 is 0 Å². The second-order valence-corrected chi connectivity index (χ2v) is 16.6. The lowest BCUT2D eigenvalue weighted by Crippen LogP contribution is -2.61. The number of anilines is 6. The van der Waals surface area contributed by atoms with Crippen LogP contribution in [0, 0.1) is 17.9 Å². The second kappa shape index (κ2) is 14.9. The van der Waals surface area contributed by atoms with Crippen molar-refractivity contribution in [3.05, 3.63) is 223 Å². The minimum atomic E-state index is -4.62. The number of rotatable bonds is 5. The minimum Gasteiger partial charge on any atom is -0.311 e. The Labute approximate surface area is 379 Å². The quantitative estimate of drug-likeness (QED) is 0.128. The first kappa shape index (κ1) is 38.9. The topological polar surface area (TPSA) is 39.6 Å². The molecule has 0 saturated carbocycles. The highest BCUT2D eigenvalue weighted by Gasteiger charge is 2.43. The molecule has 66 heavy (non-hydrogen) atoms. The van der Waals surface area contributed by atoms with Gasteiger partial charge in [-0.2, -0.15) is 18.4 Å². The SMILES string of the molecule is [C-]#[N+]c1cc(C#N)cc(-c2cc(C(F)(F)F)ccc2-n2c3ccccc3c3cc(-c4cc5c6c(c4)N(c4ccccc4)c4ccccc4B6c4ccccc4N5c4ccccc4)ccc32)c1. The van der Waals surface area contributed by atoms with Crippen LogP contribution in [0.3, 0.4) is 0 Å². The van der Waals surface area contributed by atoms with E-state index in [1.807, 2.05) is 47.0 Å². The maximum atomic E-state index is 14.4. The summed E-state index contributed by atoms with van der Waals surface area (Å²) in [6.07, 6.45) is -4.62. The molecule has 9 heteroatoms. The molecule has 0 atom stereocenters. The van der Waals surface area contributed by atoms with Gasteiger partial charge in [0.2, 0.25) is 0 Å². The van der Waals surface area contributed by atoms with Crippen molar-refractivity contribution in [1.29, 1.82) is 5.26 Å². The van der Waals surface area contributed by atoms with E-state index < -0.39 is 11.7 Å². The van der Waals surface area contributed by atoms with Crippen LogP contribution in [0.5, 0.6) is 0 Å². The predicted molar refractivity (Wildman–Crippen MR) is 262 cm³/mol. The van der Waals surface area contributed by atoms with Crippen LogP contribution in [0.15, 0.2) is 200 Å². The van der Waals surface area contributed by atoms with Gasteiger partial charge in [-0.3, -0.25) is 0 Å². The average molecular weight is 856 g/mol. The molecule has 0 amide bonds. The zero-order chi connectivity index (χ0) is 44.7. The van der Waals surface area contributed by atoms with Crippen LogP contribution in [-0.2, 0) is 6.18 Å². The van der Waals surface area contributed by atoms with E-state index in [-0.39, 0.29) is 23.5 Å². The summed E-state index contributed by atoms with van der Waals surface area (Å²) < 4.78 is 45.2. The summed E-state index contributed by atoms with van der Waals surface area (Å²) in [6, 6.07) is 67.5. The van der Waals surface area contributed by atoms with E-state index in [9.17, 15) is 18.4 Å². The highest BCUT2D eigenvalue weighted by atomic mass is 19.4. The van der Waals surface area contributed by atoms with Crippen molar-refractivity contribution < 1.29 is 13.2 Å². The smallest absolute Gasteiger partial charge is 0.311 e. The average Bonchev–Trinajstić information content (AvgIpc) is 3.69. The van der Waals surface area contributed by atoms with Crippen LogP contribution < -0.4 is 26.2 Å². The van der Waals surface area contributed by atoms with Crippen LogP contribution in [0.1, 0.15) is 11.1 Å². The number of halogens is 3. The van der Waals surface area contributed by atoms with Crippen LogP contribution in [0.25, 0.3) is 54.6 Å². The molecule has 310 valence electrons. The lowest BCUT2D eigenvalue weighted by atomic mass is 9.33. The molecule has 0 aliphatic carbocycles. The monoisotopic (exact) mass is 855 g/mol. The lowest BCUT2D eigenvalue weighted by molar-refractivity contribution is -0.137. The largest absolute Gasteiger partial charge is 0.416 e. The van der Waals surface area contributed by atoms with Crippen molar-refractivity contribution >= 4 is 84.7 Å². The highest BCUT2D eigenvalue weighted by molar-refractivity contribution is 7.00. The molecule has 0 bridgehead atoms. The maximum absolute atomic E-state index is 14.4.